The Labute approximate surface area is 177 Å². The molecular weight excluding hydrogens is 465 g/mol. The molecule has 0 spiro atoms. The van der Waals surface area contributed by atoms with Gasteiger partial charge in [0, 0.05) is 31.8 Å². The topological polar surface area (TPSA) is 90.4 Å². The summed E-state index contributed by atoms with van der Waals surface area (Å²) in [7, 11) is 0. The van der Waals surface area contributed by atoms with Crippen LogP contribution in [-0.4, -0.2) is 39.8 Å². The summed E-state index contributed by atoms with van der Waals surface area (Å²) in [5.74, 6) is -0.349. The van der Waals surface area contributed by atoms with Crippen LogP contribution in [0.1, 0.15) is 32.0 Å². The predicted octanol–water partition coefficient (Wildman–Crippen LogP) is 4.71. The van der Waals surface area contributed by atoms with E-state index in [1.54, 1.807) is 13.2 Å². The molecule has 1 amide bonds. The summed E-state index contributed by atoms with van der Waals surface area (Å²) in [4.78, 5) is 27.8. The lowest BCUT2D eigenvalue weighted by atomic mass is 10.3. The number of nitrogens with zero attached hydrogens (tertiary/aromatic N) is 2. The Kier molecular flexibility index (Phi) is 11.0. The summed E-state index contributed by atoms with van der Waals surface area (Å²) in [5.41, 5.74) is 0.733. The largest absolute Gasteiger partial charge is 0.349 e. The third kappa shape index (κ3) is 7.28. The van der Waals surface area contributed by atoms with Crippen LogP contribution in [-0.2, 0) is 9.22 Å². The summed E-state index contributed by atoms with van der Waals surface area (Å²) < 4.78 is 12.2. The third-order valence-corrected chi connectivity index (χ3v) is 6.14. The Balaban J connectivity index is 0.000000289. The number of aryl methyl sites for hydroxylation is 1. The van der Waals surface area contributed by atoms with Gasteiger partial charge in [0.25, 0.3) is 5.91 Å². The molecule has 7 nitrogen and oxygen atoms in total. The van der Waals surface area contributed by atoms with Gasteiger partial charge in [0.1, 0.15) is 21.4 Å². The van der Waals surface area contributed by atoms with E-state index >= 15 is 0 Å². The van der Waals surface area contributed by atoms with Crippen LogP contribution in [0.25, 0.3) is 0 Å². The number of hydrogen-bond acceptors (Lipinski definition) is 9. The van der Waals surface area contributed by atoms with E-state index in [1.165, 1.54) is 6.92 Å². The van der Waals surface area contributed by atoms with Gasteiger partial charge in [0.2, 0.25) is 0 Å². The van der Waals surface area contributed by atoms with Crippen molar-refractivity contribution in [2.45, 2.75) is 13.8 Å². The zero-order chi connectivity index (χ0) is 19.7. The molecule has 0 bridgehead atoms. The highest BCUT2D eigenvalue weighted by atomic mass is 35.5. The van der Waals surface area contributed by atoms with E-state index in [0.717, 1.165) is 40.8 Å². The highest BCUT2D eigenvalue weighted by molar-refractivity contribution is 7.93. The first-order chi connectivity index (χ1) is 12.3. The van der Waals surface area contributed by atoms with Gasteiger partial charge in [-0.2, -0.15) is 13.1 Å². The molecule has 0 aliphatic heterocycles. The fraction of sp³-hybridized carbons (Fsp3) is 0.385. The summed E-state index contributed by atoms with van der Waals surface area (Å²) in [6.45, 7) is 3.83. The fourth-order valence-electron chi connectivity index (χ4n) is 1.35. The first-order valence-corrected chi connectivity index (χ1v) is 10.7. The Morgan fingerprint density at radius 1 is 1.15 bits per heavy atom. The molecule has 0 atom stereocenters. The molecule has 144 valence electrons. The quantitative estimate of drug-likeness (QED) is 0.202. The molecule has 2 aromatic rings. The predicted molar refractivity (Wildman–Crippen MR) is 107 cm³/mol. The van der Waals surface area contributed by atoms with Gasteiger partial charge in [-0.3, -0.25) is 9.59 Å². The van der Waals surface area contributed by atoms with Gasteiger partial charge in [0.05, 0.1) is 10.7 Å². The molecule has 2 rings (SSSR count). The van der Waals surface area contributed by atoms with Gasteiger partial charge in [-0.15, -0.1) is 0 Å². The number of amides is 1. The zero-order valence-corrected chi connectivity index (χ0v) is 18.5. The zero-order valence-electron chi connectivity index (χ0n) is 13.8. The Hall–Kier alpha value is -0.460. The van der Waals surface area contributed by atoms with E-state index in [9.17, 15) is 9.59 Å². The van der Waals surface area contributed by atoms with Crippen LogP contribution in [0.3, 0.4) is 0 Å². The van der Waals surface area contributed by atoms with Crippen LogP contribution >= 0.6 is 69.9 Å². The molecular formula is C13H14Cl3N3O4S3. The lowest BCUT2D eigenvalue weighted by molar-refractivity contribution is -0.187. The molecule has 26 heavy (non-hydrogen) atoms. The van der Waals surface area contributed by atoms with Crippen molar-refractivity contribution in [3.63, 3.8) is 0 Å². The van der Waals surface area contributed by atoms with Crippen molar-refractivity contribution < 1.29 is 18.8 Å². The maximum Gasteiger partial charge on any atom is 0.264 e. The van der Waals surface area contributed by atoms with E-state index in [0.29, 0.717) is 16.4 Å². The summed E-state index contributed by atoms with van der Waals surface area (Å²) in [6.07, 6.45) is 1.72. The van der Waals surface area contributed by atoms with Gasteiger partial charge in [0.15, 0.2) is 10.9 Å². The lowest BCUT2D eigenvalue weighted by Crippen LogP contribution is -2.26. The molecule has 0 saturated carbocycles. The molecule has 2 heterocycles. The van der Waals surface area contributed by atoms with Crippen LogP contribution in [0.15, 0.2) is 0 Å². The van der Waals surface area contributed by atoms with Crippen molar-refractivity contribution in [3.05, 3.63) is 30.6 Å². The van der Waals surface area contributed by atoms with E-state index in [4.69, 9.17) is 34.8 Å². The highest BCUT2D eigenvalue weighted by Crippen LogP contribution is 2.28. The van der Waals surface area contributed by atoms with Crippen molar-refractivity contribution in [3.8, 4) is 0 Å². The Morgan fingerprint density at radius 3 is 2.23 bits per heavy atom. The van der Waals surface area contributed by atoms with E-state index in [-0.39, 0.29) is 33.4 Å². The molecule has 0 unspecified atom stereocenters. The van der Waals surface area contributed by atoms with Crippen LogP contribution in [0, 0.1) is 6.92 Å². The number of Topliss-reactive ketones (excluding diaryl/α,β-unsaturated/α-hetero) is 1. The number of halogens is 3. The average Bonchev–Trinajstić information content (AvgIpc) is 3.11. The second-order valence-electron chi connectivity index (χ2n) is 4.40. The second-order valence-corrected chi connectivity index (χ2v) is 7.53. The van der Waals surface area contributed by atoms with Gasteiger partial charge >= 0.3 is 0 Å². The molecule has 0 aromatic carbocycles. The number of ketones is 1. The number of nitrogens with one attached hydrogen (secondary N) is 1. The van der Waals surface area contributed by atoms with Gasteiger partial charge in [-0.05, 0) is 30.0 Å². The van der Waals surface area contributed by atoms with E-state index < -0.39 is 0 Å². The van der Waals surface area contributed by atoms with Crippen molar-refractivity contribution in [1.82, 2.24) is 14.1 Å². The van der Waals surface area contributed by atoms with Gasteiger partial charge in [-0.1, -0.05) is 34.8 Å². The minimum absolute atomic E-state index is 0.0180. The Morgan fingerprint density at radius 2 is 1.81 bits per heavy atom. The Bertz CT molecular complexity index is 754. The number of rotatable bonds is 7. The highest BCUT2D eigenvalue weighted by Gasteiger charge is 2.16. The second kappa shape index (κ2) is 12.1. The normalized spacial score (nSPS) is 10.2. The molecule has 1 N–H and O–H groups in total. The lowest BCUT2D eigenvalue weighted by Gasteiger charge is -2.02. The molecule has 0 aliphatic rings. The smallest absolute Gasteiger partial charge is 0.264 e. The first kappa shape index (κ1) is 23.6. The van der Waals surface area contributed by atoms with Gasteiger partial charge < -0.3 is 5.32 Å². The van der Waals surface area contributed by atoms with Gasteiger partial charge in [-0.25, -0.2) is 4.89 Å². The minimum atomic E-state index is -0.331. The monoisotopic (exact) mass is 477 g/mol. The SMILES string of the molecule is CC(=O)c1snc(C)c1Cl.CSOOCCNC(=O)c1snc(Cl)c1Cl. The van der Waals surface area contributed by atoms with Crippen LogP contribution in [0.4, 0.5) is 0 Å². The van der Waals surface area contributed by atoms with Crippen molar-refractivity contribution in [2.75, 3.05) is 19.4 Å². The van der Waals surface area contributed by atoms with E-state index in [1.807, 2.05) is 0 Å². The van der Waals surface area contributed by atoms with Crippen molar-refractivity contribution in [2.24, 2.45) is 0 Å². The fourth-order valence-corrected chi connectivity index (χ4v) is 3.65. The number of carbonyl (C=O) groups is 2. The van der Waals surface area contributed by atoms with Crippen LogP contribution in [0.5, 0.6) is 0 Å². The standard InChI is InChI=1S/C7H8Cl2N2O3S2.C6H6ClNOS/c1-15-14-13-3-2-10-7(12)5-4(8)6(9)11-16-5;1-3-5(7)6(4(2)9)10-8-3/h2-3H2,1H3,(H,10,12);1-2H3. The molecule has 0 fully saturated rings. The average molecular weight is 479 g/mol. The molecule has 0 radical (unpaired) electrons. The molecule has 2 aromatic heterocycles. The number of hydrogen-bond donors (Lipinski definition) is 1. The van der Waals surface area contributed by atoms with Crippen LogP contribution < -0.4 is 5.32 Å². The number of carbonyl (C=O) groups excluding carboxylic acids is 2. The summed E-state index contributed by atoms with van der Waals surface area (Å²) >= 11 is 20.3. The minimum Gasteiger partial charge on any atom is -0.349 e. The van der Waals surface area contributed by atoms with E-state index in [2.05, 4.69) is 23.3 Å². The molecule has 0 saturated heterocycles. The summed E-state index contributed by atoms with van der Waals surface area (Å²) in [5, 5.41) is 3.39. The molecule has 0 aliphatic carbocycles. The molecule has 13 heteroatoms. The third-order valence-electron chi connectivity index (χ3n) is 2.50. The maximum absolute atomic E-state index is 11.5. The maximum atomic E-state index is 11.5. The van der Waals surface area contributed by atoms with Crippen molar-refractivity contribution >= 4 is 81.6 Å². The van der Waals surface area contributed by atoms with Crippen LogP contribution in [0.2, 0.25) is 15.2 Å². The first-order valence-electron chi connectivity index (χ1n) is 6.83. The summed E-state index contributed by atoms with van der Waals surface area (Å²) in [6, 6.07) is 0. The number of aromatic nitrogens is 2. The van der Waals surface area contributed by atoms with Crippen molar-refractivity contribution in [1.29, 1.82) is 0 Å².